The SMILES string of the molecule is Cc1nn(C)c2ncc(NC(=O)C3(C)CCCCN3)cc12. The summed E-state index contributed by atoms with van der Waals surface area (Å²) in [5.41, 5.74) is 1.97. The highest BCUT2D eigenvalue weighted by Gasteiger charge is 2.34. The minimum Gasteiger partial charge on any atom is -0.323 e. The fourth-order valence-corrected chi connectivity index (χ4v) is 2.90. The molecule has 21 heavy (non-hydrogen) atoms. The fourth-order valence-electron chi connectivity index (χ4n) is 2.90. The molecule has 3 heterocycles. The predicted octanol–water partition coefficient (Wildman–Crippen LogP) is 1.75. The van der Waals surface area contributed by atoms with Crippen LogP contribution in [0.5, 0.6) is 0 Å². The third-order valence-corrected chi connectivity index (χ3v) is 4.24. The van der Waals surface area contributed by atoms with Gasteiger partial charge in [-0.05, 0) is 45.7 Å². The van der Waals surface area contributed by atoms with Crippen molar-refractivity contribution in [1.29, 1.82) is 0 Å². The van der Waals surface area contributed by atoms with Crippen LogP contribution in [0, 0.1) is 6.92 Å². The molecule has 1 aliphatic rings. The van der Waals surface area contributed by atoms with E-state index in [1.54, 1.807) is 10.9 Å². The summed E-state index contributed by atoms with van der Waals surface area (Å²) in [6.45, 7) is 4.80. The fraction of sp³-hybridized carbons (Fsp3) is 0.533. The number of nitrogens with zero attached hydrogens (tertiary/aromatic N) is 3. The van der Waals surface area contributed by atoms with Crippen molar-refractivity contribution in [2.75, 3.05) is 11.9 Å². The molecule has 112 valence electrons. The van der Waals surface area contributed by atoms with Crippen molar-refractivity contribution in [3.63, 3.8) is 0 Å². The topological polar surface area (TPSA) is 71.8 Å². The van der Waals surface area contributed by atoms with Crippen molar-refractivity contribution < 1.29 is 4.79 Å². The van der Waals surface area contributed by atoms with Gasteiger partial charge in [-0.3, -0.25) is 9.48 Å². The van der Waals surface area contributed by atoms with Gasteiger partial charge in [-0.1, -0.05) is 0 Å². The normalized spacial score (nSPS) is 22.4. The van der Waals surface area contributed by atoms with Crippen LogP contribution >= 0.6 is 0 Å². The summed E-state index contributed by atoms with van der Waals surface area (Å²) in [4.78, 5) is 16.9. The average molecular weight is 287 g/mol. The molecule has 1 amide bonds. The summed E-state index contributed by atoms with van der Waals surface area (Å²) in [6, 6.07) is 1.94. The maximum Gasteiger partial charge on any atom is 0.244 e. The standard InChI is InChI=1S/C15H21N5O/c1-10-12-8-11(9-16-13(12)20(3)19-10)18-14(21)15(2)6-4-5-7-17-15/h8-9,17H,4-7H2,1-3H3,(H,18,21). The maximum atomic E-state index is 12.5. The average Bonchev–Trinajstić information content (AvgIpc) is 2.74. The Morgan fingerprint density at radius 1 is 1.48 bits per heavy atom. The lowest BCUT2D eigenvalue weighted by atomic mass is 9.90. The number of nitrogens with one attached hydrogen (secondary N) is 2. The Morgan fingerprint density at radius 2 is 2.29 bits per heavy atom. The van der Waals surface area contributed by atoms with E-state index >= 15 is 0 Å². The van der Waals surface area contributed by atoms with Gasteiger partial charge in [0.25, 0.3) is 0 Å². The zero-order chi connectivity index (χ0) is 15.0. The summed E-state index contributed by atoms with van der Waals surface area (Å²) >= 11 is 0. The van der Waals surface area contributed by atoms with Gasteiger partial charge < -0.3 is 10.6 Å². The first-order chi connectivity index (χ1) is 9.99. The molecule has 0 radical (unpaired) electrons. The molecule has 0 aliphatic carbocycles. The Kier molecular flexibility index (Phi) is 3.41. The molecule has 2 aromatic rings. The second-order valence-electron chi connectivity index (χ2n) is 5.97. The molecule has 2 aromatic heterocycles. The van der Waals surface area contributed by atoms with Gasteiger partial charge in [-0.2, -0.15) is 5.10 Å². The summed E-state index contributed by atoms with van der Waals surface area (Å²) in [5.74, 6) is 0.00453. The van der Waals surface area contributed by atoms with E-state index in [4.69, 9.17) is 0 Å². The lowest BCUT2D eigenvalue weighted by Crippen LogP contribution is -2.54. The van der Waals surface area contributed by atoms with E-state index in [9.17, 15) is 4.79 Å². The predicted molar refractivity (Wildman–Crippen MR) is 82.1 cm³/mol. The Balaban J connectivity index is 1.84. The van der Waals surface area contributed by atoms with Crippen LogP contribution in [0.25, 0.3) is 11.0 Å². The van der Waals surface area contributed by atoms with E-state index < -0.39 is 5.54 Å². The Hall–Kier alpha value is -1.95. The summed E-state index contributed by atoms with van der Waals surface area (Å²) in [6.07, 6.45) is 4.76. The molecule has 0 aromatic carbocycles. The van der Waals surface area contributed by atoms with Gasteiger partial charge in [0.05, 0.1) is 23.1 Å². The van der Waals surface area contributed by atoms with Gasteiger partial charge in [0.2, 0.25) is 5.91 Å². The van der Waals surface area contributed by atoms with E-state index in [1.807, 2.05) is 27.0 Å². The molecule has 1 saturated heterocycles. The third kappa shape index (κ3) is 2.51. The molecule has 1 atom stereocenters. The maximum absolute atomic E-state index is 12.5. The van der Waals surface area contributed by atoms with Crippen LogP contribution in [0.4, 0.5) is 5.69 Å². The number of hydrogen-bond donors (Lipinski definition) is 2. The van der Waals surface area contributed by atoms with Gasteiger partial charge in [0.1, 0.15) is 0 Å². The number of carbonyl (C=O) groups excluding carboxylic acids is 1. The molecule has 2 N–H and O–H groups in total. The molecule has 6 heteroatoms. The highest BCUT2D eigenvalue weighted by Crippen LogP contribution is 2.23. The first kappa shape index (κ1) is 14.0. The van der Waals surface area contributed by atoms with Gasteiger partial charge in [-0.25, -0.2) is 4.98 Å². The molecule has 1 unspecified atom stereocenters. The van der Waals surface area contributed by atoms with Gasteiger partial charge in [-0.15, -0.1) is 0 Å². The van der Waals surface area contributed by atoms with E-state index in [0.717, 1.165) is 48.2 Å². The molecular formula is C15H21N5O. The van der Waals surface area contributed by atoms with E-state index in [2.05, 4.69) is 20.7 Å². The quantitative estimate of drug-likeness (QED) is 0.882. The number of aromatic nitrogens is 3. The lowest BCUT2D eigenvalue weighted by Gasteiger charge is -2.33. The van der Waals surface area contributed by atoms with Crippen molar-refractivity contribution in [2.45, 2.75) is 38.6 Å². The Bertz CT molecular complexity index is 685. The zero-order valence-corrected chi connectivity index (χ0v) is 12.7. The number of pyridine rings is 1. The number of carbonyl (C=O) groups is 1. The largest absolute Gasteiger partial charge is 0.323 e. The molecule has 0 bridgehead atoms. The summed E-state index contributed by atoms with van der Waals surface area (Å²) in [5, 5.41) is 11.6. The van der Waals surface area contributed by atoms with Gasteiger partial charge in [0.15, 0.2) is 5.65 Å². The van der Waals surface area contributed by atoms with Crippen LogP contribution in [0.2, 0.25) is 0 Å². The third-order valence-electron chi connectivity index (χ3n) is 4.24. The second kappa shape index (κ2) is 5.11. The van der Waals surface area contributed by atoms with Crippen LogP contribution in [0.15, 0.2) is 12.3 Å². The molecule has 0 spiro atoms. The van der Waals surface area contributed by atoms with Crippen LogP contribution in [0.1, 0.15) is 31.9 Å². The minimum atomic E-state index is -0.489. The van der Waals surface area contributed by atoms with Crippen molar-refractivity contribution in [2.24, 2.45) is 7.05 Å². The first-order valence-electron chi connectivity index (χ1n) is 7.35. The van der Waals surface area contributed by atoms with Crippen LogP contribution in [-0.4, -0.2) is 32.8 Å². The monoisotopic (exact) mass is 287 g/mol. The summed E-state index contributed by atoms with van der Waals surface area (Å²) < 4.78 is 1.75. The van der Waals surface area contributed by atoms with E-state index in [-0.39, 0.29) is 5.91 Å². The van der Waals surface area contributed by atoms with Crippen molar-refractivity contribution in [3.05, 3.63) is 18.0 Å². The number of hydrogen-bond acceptors (Lipinski definition) is 4. The number of anilines is 1. The number of aryl methyl sites for hydroxylation is 2. The minimum absolute atomic E-state index is 0.00453. The van der Waals surface area contributed by atoms with Crippen LogP contribution in [-0.2, 0) is 11.8 Å². The molecule has 0 saturated carbocycles. The molecule has 1 fully saturated rings. The number of piperidine rings is 1. The van der Waals surface area contributed by atoms with Crippen molar-refractivity contribution in [1.82, 2.24) is 20.1 Å². The first-order valence-corrected chi connectivity index (χ1v) is 7.35. The molecule has 6 nitrogen and oxygen atoms in total. The lowest BCUT2D eigenvalue weighted by molar-refractivity contribution is -0.122. The number of rotatable bonds is 2. The number of amides is 1. The molecule has 1 aliphatic heterocycles. The smallest absolute Gasteiger partial charge is 0.244 e. The highest BCUT2D eigenvalue weighted by atomic mass is 16.2. The van der Waals surface area contributed by atoms with E-state index in [0.29, 0.717) is 0 Å². The van der Waals surface area contributed by atoms with Crippen molar-refractivity contribution >= 4 is 22.6 Å². The number of fused-ring (bicyclic) bond motifs is 1. The second-order valence-corrected chi connectivity index (χ2v) is 5.97. The Labute approximate surface area is 123 Å². The van der Waals surface area contributed by atoms with E-state index in [1.165, 1.54) is 0 Å². The molecule has 3 rings (SSSR count). The van der Waals surface area contributed by atoms with Crippen molar-refractivity contribution in [3.8, 4) is 0 Å². The van der Waals surface area contributed by atoms with Crippen LogP contribution in [0.3, 0.4) is 0 Å². The van der Waals surface area contributed by atoms with Gasteiger partial charge >= 0.3 is 0 Å². The summed E-state index contributed by atoms with van der Waals surface area (Å²) in [7, 11) is 1.87. The van der Waals surface area contributed by atoms with Crippen LogP contribution < -0.4 is 10.6 Å². The van der Waals surface area contributed by atoms with Gasteiger partial charge in [0, 0.05) is 12.4 Å². The molecular weight excluding hydrogens is 266 g/mol. The highest BCUT2D eigenvalue weighted by molar-refractivity contribution is 5.99. The zero-order valence-electron chi connectivity index (χ0n) is 12.7. The Morgan fingerprint density at radius 3 is 3.00 bits per heavy atom.